The highest BCUT2D eigenvalue weighted by molar-refractivity contribution is 6.14. The second-order valence-electron chi connectivity index (χ2n) is 13.9. The van der Waals surface area contributed by atoms with E-state index in [0.29, 0.717) is 16.7 Å². The van der Waals surface area contributed by atoms with Crippen molar-refractivity contribution in [2.75, 3.05) is 0 Å². The molecule has 0 bridgehead atoms. The van der Waals surface area contributed by atoms with Crippen LogP contribution < -0.4 is 4.57 Å². The second kappa shape index (κ2) is 10.5. The van der Waals surface area contributed by atoms with Crippen LogP contribution >= 0.6 is 0 Å². The predicted molar refractivity (Wildman–Crippen MR) is 178 cm³/mol. The molecule has 6 rings (SSSR count). The van der Waals surface area contributed by atoms with Crippen LogP contribution in [0.2, 0.25) is 0 Å². The molecule has 2 heterocycles. The van der Waals surface area contributed by atoms with Crippen LogP contribution in [0, 0.1) is 24.1 Å². The van der Waals surface area contributed by atoms with Crippen LogP contribution in [0.1, 0.15) is 63.8 Å². The maximum absolute atomic E-state index is 15.1. The Kier molecular flexibility index (Phi) is 6.97. The third-order valence-electron chi connectivity index (χ3n) is 8.69. The Morgan fingerprint density at radius 2 is 1.25 bits per heavy atom. The third-order valence-corrected chi connectivity index (χ3v) is 8.69. The van der Waals surface area contributed by atoms with Crippen LogP contribution in [0.15, 0.2) is 89.5 Å². The van der Waals surface area contributed by atoms with Crippen molar-refractivity contribution in [3.63, 3.8) is 0 Å². The fraction of sp³-hybridized carbons (Fsp3) is 0.250. The fourth-order valence-corrected chi connectivity index (χ4v) is 6.13. The minimum Gasteiger partial charge on any atom is -0.454 e. The van der Waals surface area contributed by atoms with Crippen molar-refractivity contribution in [2.24, 2.45) is 7.05 Å². The monoisotopic (exact) mass is 581 g/mol. The molecule has 0 atom stereocenters. The smallest absolute Gasteiger partial charge is 0.216 e. The van der Waals surface area contributed by atoms with Crippen molar-refractivity contribution >= 4 is 21.9 Å². The summed E-state index contributed by atoms with van der Waals surface area (Å²) in [6.45, 7) is 14.8. The lowest BCUT2D eigenvalue weighted by Crippen LogP contribution is -2.33. The first-order chi connectivity index (χ1) is 20.8. The minimum absolute atomic E-state index is 0.0999. The minimum atomic E-state index is -0.363. The molecule has 6 aromatic rings. The standard InChI is InChI=1S/C40H38FN2O/c1-24-9-19-30-31-20-16-28(22-42)36(27-12-10-25(11-13-27)26-14-17-29(18-15-26)39(2,3)4)38(31)44-37(30)35(24)34-21-32(40(5,6)7)33(41)23-43(34)8/h9-21,23H,1-8H3/q+1. The average Bonchev–Trinajstić information content (AvgIpc) is 3.35. The highest BCUT2D eigenvalue weighted by atomic mass is 19.1. The summed E-state index contributed by atoms with van der Waals surface area (Å²) >= 11 is 0. The number of furan rings is 1. The third kappa shape index (κ3) is 4.97. The number of pyridine rings is 1. The second-order valence-corrected chi connectivity index (χ2v) is 13.9. The zero-order valence-electron chi connectivity index (χ0n) is 26.8. The maximum Gasteiger partial charge on any atom is 0.216 e. The van der Waals surface area contributed by atoms with Crippen molar-refractivity contribution in [3.8, 4) is 39.6 Å². The molecular formula is C40H38FN2O+. The van der Waals surface area contributed by atoms with Gasteiger partial charge in [-0.3, -0.25) is 0 Å². The first kappa shape index (κ1) is 29.3. The Hall–Kier alpha value is -4.75. The van der Waals surface area contributed by atoms with Gasteiger partial charge in [0.15, 0.2) is 5.82 Å². The van der Waals surface area contributed by atoms with E-state index in [4.69, 9.17) is 4.42 Å². The quantitative estimate of drug-likeness (QED) is 0.195. The van der Waals surface area contributed by atoms with Crippen LogP contribution in [-0.2, 0) is 17.9 Å². The van der Waals surface area contributed by atoms with E-state index in [1.165, 1.54) is 5.56 Å². The number of hydrogen-bond donors (Lipinski definition) is 0. The Balaban J connectivity index is 1.53. The number of nitrogens with zero attached hydrogens (tertiary/aromatic N) is 2. The SMILES string of the molecule is Cc1ccc2c(oc3c(-c4ccc(-c5ccc(C(C)(C)C)cc5)cc4)c(C#N)ccc32)c1-c1cc(C(C)(C)C)c(F)c[n+]1C. The molecule has 0 aliphatic heterocycles. The van der Waals surface area contributed by atoms with Gasteiger partial charge in [-0.15, -0.1) is 0 Å². The number of fused-ring (bicyclic) bond motifs is 3. The number of halogens is 1. The molecule has 0 radical (unpaired) electrons. The Morgan fingerprint density at radius 1 is 0.705 bits per heavy atom. The van der Waals surface area contributed by atoms with E-state index in [1.54, 1.807) is 6.20 Å². The van der Waals surface area contributed by atoms with E-state index in [2.05, 4.69) is 94.4 Å². The van der Waals surface area contributed by atoms with E-state index >= 15 is 4.39 Å². The van der Waals surface area contributed by atoms with E-state index < -0.39 is 0 Å². The van der Waals surface area contributed by atoms with Crippen molar-refractivity contribution in [1.82, 2.24) is 0 Å². The molecule has 3 nitrogen and oxygen atoms in total. The Morgan fingerprint density at radius 3 is 1.82 bits per heavy atom. The fourth-order valence-electron chi connectivity index (χ4n) is 6.13. The van der Waals surface area contributed by atoms with Gasteiger partial charge in [0.05, 0.1) is 17.2 Å². The van der Waals surface area contributed by atoms with Crippen molar-refractivity contribution in [1.29, 1.82) is 5.26 Å². The number of nitriles is 1. The van der Waals surface area contributed by atoms with Crippen LogP contribution in [0.3, 0.4) is 0 Å². The number of aryl methyl sites for hydroxylation is 2. The number of hydrogen-bond acceptors (Lipinski definition) is 2. The summed E-state index contributed by atoms with van der Waals surface area (Å²) in [5, 5.41) is 12.1. The van der Waals surface area contributed by atoms with Gasteiger partial charge in [-0.2, -0.15) is 9.83 Å². The molecule has 4 aromatic carbocycles. The first-order valence-corrected chi connectivity index (χ1v) is 15.1. The van der Waals surface area contributed by atoms with Gasteiger partial charge in [0.2, 0.25) is 11.9 Å². The lowest BCUT2D eigenvalue weighted by Gasteiger charge is -2.19. The molecule has 0 N–H and O–H groups in total. The van der Waals surface area contributed by atoms with E-state index in [-0.39, 0.29) is 16.6 Å². The molecule has 0 unspecified atom stereocenters. The molecule has 0 spiro atoms. The van der Waals surface area contributed by atoms with E-state index in [0.717, 1.165) is 55.4 Å². The number of benzene rings is 4. The average molecular weight is 582 g/mol. The summed E-state index contributed by atoms with van der Waals surface area (Å²) < 4.78 is 23.7. The summed E-state index contributed by atoms with van der Waals surface area (Å²) in [5.41, 5.74) is 10.4. The van der Waals surface area contributed by atoms with E-state index in [9.17, 15) is 5.26 Å². The lowest BCUT2D eigenvalue weighted by molar-refractivity contribution is -0.662. The Bertz CT molecular complexity index is 2100. The zero-order chi connectivity index (χ0) is 31.6. The molecular weight excluding hydrogens is 543 g/mol. The lowest BCUT2D eigenvalue weighted by atomic mass is 9.86. The topological polar surface area (TPSA) is 40.8 Å². The van der Waals surface area contributed by atoms with Crippen LogP contribution in [0.25, 0.3) is 55.4 Å². The summed E-state index contributed by atoms with van der Waals surface area (Å²) in [6, 6.07) is 29.4. The van der Waals surface area contributed by atoms with Crippen LogP contribution in [-0.4, -0.2) is 0 Å². The van der Waals surface area contributed by atoms with Crippen molar-refractivity contribution < 1.29 is 13.4 Å². The van der Waals surface area contributed by atoms with Gasteiger partial charge in [-0.05, 0) is 57.7 Å². The molecule has 0 saturated heterocycles. The van der Waals surface area contributed by atoms with Gasteiger partial charge in [-0.1, -0.05) is 102 Å². The van der Waals surface area contributed by atoms with Crippen LogP contribution in [0.4, 0.5) is 4.39 Å². The highest BCUT2D eigenvalue weighted by Gasteiger charge is 2.28. The van der Waals surface area contributed by atoms with Gasteiger partial charge in [0.1, 0.15) is 18.2 Å². The van der Waals surface area contributed by atoms with Gasteiger partial charge < -0.3 is 4.42 Å². The Labute approximate surface area is 259 Å². The first-order valence-electron chi connectivity index (χ1n) is 15.1. The van der Waals surface area contributed by atoms with Crippen molar-refractivity contribution in [2.45, 2.75) is 59.3 Å². The van der Waals surface area contributed by atoms with Gasteiger partial charge in [-0.25, -0.2) is 4.39 Å². The summed E-state index contributed by atoms with van der Waals surface area (Å²) in [5.74, 6) is -0.229. The molecule has 0 aliphatic rings. The summed E-state index contributed by atoms with van der Waals surface area (Å²) in [4.78, 5) is 0. The molecule has 4 heteroatoms. The molecule has 0 amide bonds. The summed E-state index contributed by atoms with van der Waals surface area (Å²) in [6.07, 6.45) is 1.55. The normalized spacial score (nSPS) is 12.2. The molecule has 44 heavy (non-hydrogen) atoms. The van der Waals surface area contributed by atoms with Gasteiger partial charge in [0.25, 0.3) is 0 Å². The molecule has 2 aromatic heterocycles. The summed E-state index contributed by atoms with van der Waals surface area (Å²) in [7, 11) is 1.86. The maximum atomic E-state index is 15.1. The molecule has 0 saturated carbocycles. The number of aromatic nitrogens is 1. The van der Waals surface area contributed by atoms with Crippen molar-refractivity contribution in [3.05, 3.63) is 113 Å². The number of rotatable bonds is 3. The predicted octanol–water partition coefficient (Wildman–Crippen LogP) is 10.3. The zero-order valence-corrected chi connectivity index (χ0v) is 26.8. The molecule has 0 fully saturated rings. The molecule has 220 valence electrons. The molecule has 0 aliphatic carbocycles. The highest BCUT2D eigenvalue weighted by Crippen LogP contribution is 2.43. The largest absolute Gasteiger partial charge is 0.454 e. The van der Waals surface area contributed by atoms with Gasteiger partial charge >= 0.3 is 0 Å². The van der Waals surface area contributed by atoms with Gasteiger partial charge in [0, 0.05) is 28.0 Å². The van der Waals surface area contributed by atoms with E-state index in [1.807, 2.05) is 50.6 Å². The van der Waals surface area contributed by atoms with Crippen LogP contribution in [0.5, 0.6) is 0 Å².